The number of aryl methyl sites for hydroxylation is 1. The predicted octanol–water partition coefficient (Wildman–Crippen LogP) is 3.63. The highest BCUT2D eigenvalue weighted by Crippen LogP contribution is 2.31. The van der Waals surface area contributed by atoms with Gasteiger partial charge in [-0.05, 0) is 61.7 Å². The second-order valence-corrected chi connectivity index (χ2v) is 10.1. The summed E-state index contributed by atoms with van der Waals surface area (Å²) >= 11 is 1.64. The van der Waals surface area contributed by atoms with Gasteiger partial charge < -0.3 is 5.32 Å². The van der Waals surface area contributed by atoms with Gasteiger partial charge in [0.2, 0.25) is 15.9 Å². The average Bonchev–Trinajstić information content (AvgIpc) is 3.28. The molecule has 0 aliphatic carbocycles. The normalized spacial score (nSPS) is 17.9. The first-order valence-corrected chi connectivity index (χ1v) is 11.7. The van der Waals surface area contributed by atoms with Gasteiger partial charge in [-0.25, -0.2) is 13.4 Å². The van der Waals surface area contributed by atoms with Crippen LogP contribution in [-0.2, 0) is 14.8 Å². The number of benzene rings is 2. The van der Waals surface area contributed by atoms with Gasteiger partial charge in [-0.3, -0.25) is 4.79 Å². The molecule has 1 aromatic heterocycles. The fraction of sp³-hybridized carbons (Fsp3) is 0.300. The summed E-state index contributed by atoms with van der Waals surface area (Å²) in [6, 6.07) is 13.0. The number of nitrogens with zero attached hydrogens (tertiary/aromatic N) is 2. The zero-order valence-corrected chi connectivity index (χ0v) is 17.3. The van der Waals surface area contributed by atoms with Gasteiger partial charge in [-0.1, -0.05) is 6.07 Å². The third-order valence-corrected chi connectivity index (χ3v) is 7.23. The second-order valence-electron chi connectivity index (χ2n) is 7.09. The standard InChI is InChI=1S/C20H21N3O3S2/c1-13-5-10-16-18(12-13)27-20(22-16)14-6-8-15(9-7-14)21-19(24)17-4-3-11-23(17)28(2,25)26/h5-10,12,17H,3-4,11H2,1-2H3,(H,21,24). The second kappa shape index (κ2) is 7.27. The minimum atomic E-state index is -3.38. The van der Waals surface area contributed by atoms with Crippen LogP contribution in [-0.4, -0.2) is 42.5 Å². The van der Waals surface area contributed by atoms with Gasteiger partial charge in [-0.2, -0.15) is 4.31 Å². The lowest BCUT2D eigenvalue weighted by atomic mass is 10.2. The maximum atomic E-state index is 12.5. The minimum Gasteiger partial charge on any atom is -0.325 e. The molecule has 1 aliphatic heterocycles. The van der Waals surface area contributed by atoms with Crippen molar-refractivity contribution < 1.29 is 13.2 Å². The number of aromatic nitrogens is 1. The molecule has 146 valence electrons. The molecule has 1 atom stereocenters. The Balaban J connectivity index is 1.50. The van der Waals surface area contributed by atoms with E-state index < -0.39 is 16.1 Å². The SMILES string of the molecule is Cc1ccc2nc(-c3ccc(NC(=O)C4CCCN4S(C)(=O)=O)cc3)sc2c1. The lowest BCUT2D eigenvalue weighted by Crippen LogP contribution is -2.42. The van der Waals surface area contributed by atoms with Crippen LogP contribution in [0.2, 0.25) is 0 Å². The number of hydrogen-bond donors (Lipinski definition) is 1. The summed E-state index contributed by atoms with van der Waals surface area (Å²) in [6.07, 6.45) is 2.39. The van der Waals surface area contributed by atoms with Crippen LogP contribution in [0.5, 0.6) is 0 Å². The Bertz CT molecular complexity index is 1140. The first kappa shape index (κ1) is 19.0. The van der Waals surface area contributed by atoms with Crippen molar-refractivity contribution in [1.82, 2.24) is 9.29 Å². The maximum Gasteiger partial charge on any atom is 0.242 e. The summed E-state index contributed by atoms with van der Waals surface area (Å²) in [6.45, 7) is 2.46. The van der Waals surface area contributed by atoms with E-state index >= 15 is 0 Å². The molecule has 4 rings (SSSR count). The van der Waals surface area contributed by atoms with Crippen molar-refractivity contribution in [2.75, 3.05) is 18.1 Å². The monoisotopic (exact) mass is 415 g/mol. The molecule has 1 unspecified atom stereocenters. The van der Waals surface area contributed by atoms with Gasteiger partial charge >= 0.3 is 0 Å². The highest BCUT2D eigenvalue weighted by Gasteiger charge is 2.36. The van der Waals surface area contributed by atoms with Crippen LogP contribution in [0.1, 0.15) is 18.4 Å². The van der Waals surface area contributed by atoms with Gasteiger partial charge in [0.05, 0.1) is 16.5 Å². The van der Waals surface area contributed by atoms with E-state index in [1.54, 1.807) is 11.3 Å². The Labute approximate surface area is 168 Å². The predicted molar refractivity (Wildman–Crippen MR) is 113 cm³/mol. The average molecular weight is 416 g/mol. The Kier molecular flexibility index (Phi) is 4.95. The highest BCUT2D eigenvalue weighted by molar-refractivity contribution is 7.88. The van der Waals surface area contributed by atoms with Crippen LogP contribution in [0.3, 0.4) is 0 Å². The van der Waals surface area contributed by atoms with Crippen LogP contribution in [0.4, 0.5) is 5.69 Å². The summed E-state index contributed by atoms with van der Waals surface area (Å²) < 4.78 is 26.1. The van der Waals surface area contributed by atoms with E-state index in [9.17, 15) is 13.2 Å². The first-order valence-electron chi connectivity index (χ1n) is 9.06. The first-order chi connectivity index (χ1) is 13.3. The van der Waals surface area contributed by atoms with Crippen molar-refractivity contribution in [1.29, 1.82) is 0 Å². The Morgan fingerprint density at radius 1 is 1.21 bits per heavy atom. The number of carbonyl (C=O) groups is 1. The lowest BCUT2D eigenvalue weighted by Gasteiger charge is -2.21. The number of thiazole rings is 1. The molecule has 0 saturated carbocycles. The zero-order chi connectivity index (χ0) is 19.9. The molecule has 2 aromatic carbocycles. The van der Waals surface area contributed by atoms with E-state index in [0.29, 0.717) is 25.1 Å². The number of sulfonamides is 1. The van der Waals surface area contributed by atoms with E-state index in [1.165, 1.54) is 9.87 Å². The number of rotatable bonds is 4. The van der Waals surface area contributed by atoms with Crippen LogP contribution in [0.25, 0.3) is 20.8 Å². The van der Waals surface area contributed by atoms with Crippen molar-refractivity contribution >= 4 is 43.2 Å². The van der Waals surface area contributed by atoms with Crippen LogP contribution in [0.15, 0.2) is 42.5 Å². The number of anilines is 1. The molecular weight excluding hydrogens is 394 g/mol. The summed E-state index contributed by atoms with van der Waals surface area (Å²) in [5.41, 5.74) is 3.81. The summed E-state index contributed by atoms with van der Waals surface area (Å²) in [4.78, 5) is 17.2. The molecule has 1 saturated heterocycles. The number of fused-ring (bicyclic) bond motifs is 1. The number of hydrogen-bond acceptors (Lipinski definition) is 5. The number of carbonyl (C=O) groups excluding carboxylic acids is 1. The molecule has 1 aliphatic rings. The molecule has 0 spiro atoms. The van der Waals surface area contributed by atoms with Crippen molar-refractivity contribution in [2.24, 2.45) is 0 Å². The van der Waals surface area contributed by atoms with Gasteiger partial charge in [0.15, 0.2) is 0 Å². The highest BCUT2D eigenvalue weighted by atomic mass is 32.2. The molecule has 0 radical (unpaired) electrons. The van der Waals surface area contributed by atoms with E-state index in [-0.39, 0.29) is 5.91 Å². The summed E-state index contributed by atoms with van der Waals surface area (Å²) in [7, 11) is -3.38. The quantitative estimate of drug-likeness (QED) is 0.706. The molecule has 1 fully saturated rings. The van der Waals surface area contributed by atoms with Gasteiger partial charge in [0, 0.05) is 17.8 Å². The number of amides is 1. The molecular formula is C20H21N3O3S2. The van der Waals surface area contributed by atoms with Crippen molar-refractivity contribution in [3.05, 3.63) is 48.0 Å². The van der Waals surface area contributed by atoms with Crippen LogP contribution < -0.4 is 5.32 Å². The van der Waals surface area contributed by atoms with Crippen molar-refractivity contribution in [2.45, 2.75) is 25.8 Å². The molecule has 3 aromatic rings. The Hall–Kier alpha value is -2.29. The largest absolute Gasteiger partial charge is 0.325 e. The molecule has 8 heteroatoms. The topological polar surface area (TPSA) is 79.4 Å². The van der Waals surface area contributed by atoms with E-state index in [0.717, 1.165) is 27.0 Å². The van der Waals surface area contributed by atoms with E-state index in [2.05, 4.69) is 23.3 Å². The fourth-order valence-electron chi connectivity index (χ4n) is 3.48. The fourth-order valence-corrected chi connectivity index (χ4v) is 5.67. The molecule has 6 nitrogen and oxygen atoms in total. The van der Waals surface area contributed by atoms with Crippen molar-refractivity contribution in [3.63, 3.8) is 0 Å². The zero-order valence-electron chi connectivity index (χ0n) is 15.7. The minimum absolute atomic E-state index is 0.286. The molecule has 2 heterocycles. The maximum absolute atomic E-state index is 12.5. The molecule has 1 N–H and O–H groups in total. The van der Waals surface area contributed by atoms with E-state index in [1.807, 2.05) is 36.4 Å². The smallest absolute Gasteiger partial charge is 0.242 e. The molecule has 0 bridgehead atoms. The van der Waals surface area contributed by atoms with Crippen molar-refractivity contribution in [3.8, 4) is 10.6 Å². The summed E-state index contributed by atoms with van der Waals surface area (Å²) in [5.74, 6) is -0.286. The van der Waals surface area contributed by atoms with E-state index in [4.69, 9.17) is 0 Å². The Morgan fingerprint density at radius 3 is 2.68 bits per heavy atom. The molecule has 1 amide bonds. The summed E-state index contributed by atoms with van der Waals surface area (Å²) in [5, 5.41) is 3.76. The van der Waals surface area contributed by atoms with Crippen LogP contribution >= 0.6 is 11.3 Å². The van der Waals surface area contributed by atoms with Gasteiger partial charge in [-0.15, -0.1) is 11.3 Å². The third-order valence-electron chi connectivity index (χ3n) is 4.88. The molecule has 28 heavy (non-hydrogen) atoms. The van der Waals surface area contributed by atoms with Gasteiger partial charge in [0.25, 0.3) is 0 Å². The Morgan fingerprint density at radius 2 is 1.96 bits per heavy atom. The van der Waals surface area contributed by atoms with Gasteiger partial charge in [0.1, 0.15) is 11.0 Å². The lowest BCUT2D eigenvalue weighted by molar-refractivity contribution is -0.119. The van der Waals surface area contributed by atoms with Crippen LogP contribution in [0, 0.1) is 6.92 Å². The number of nitrogens with one attached hydrogen (secondary N) is 1. The third kappa shape index (κ3) is 3.80.